The Kier molecular flexibility index (Phi) is 67.6. The average molecular weight is 1010 g/mol. The quantitative estimate of drug-likeness (QED) is 0.0449. The van der Waals surface area contributed by atoms with E-state index >= 15 is 0 Å². The first kappa shape index (κ1) is 70.3. The van der Waals surface area contributed by atoms with Crippen molar-refractivity contribution in [1.29, 1.82) is 0 Å². The van der Waals surface area contributed by atoms with Crippen molar-refractivity contribution >= 4 is 8.60 Å². The molecule has 422 valence electrons. The monoisotopic (exact) mass is 1010 g/mol. The van der Waals surface area contributed by atoms with Crippen molar-refractivity contribution in [1.82, 2.24) is 0 Å². The van der Waals surface area contributed by atoms with Crippen molar-refractivity contribution in [2.75, 3.05) is 19.8 Å². The summed E-state index contributed by atoms with van der Waals surface area (Å²) in [6, 6.07) is 0. The third-order valence-electron chi connectivity index (χ3n) is 15.6. The van der Waals surface area contributed by atoms with Gasteiger partial charge in [0.05, 0.1) is 19.8 Å². The van der Waals surface area contributed by atoms with Crippen molar-refractivity contribution in [2.45, 2.75) is 406 Å². The molecule has 0 aromatic carbocycles. The lowest BCUT2D eigenvalue weighted by atomic mass is 10.0. The first-order chi connectivity index (χ1) is 34.8. The molecule has 0 radical (unpaired) electrons. The second-order valence-electron chi connectivity index (χ2n) is 22.9. The fraction of sp³-hybridized carbons (Fsp3) is 1.00. The van der Waals surface area contributed by atoms with Gasteiger partial charge in [0, 0.05) is 0 Å². The smallest absolute Gasteiger partial charge is 0.312 e. The summed E-state index contributed by atoms with van der Waals surface area (Å²) < 4.78 is 18.9. The summed E-state index contributed by atoms with van der Waals surface area (Å²) in [5.41, 5.74) is 0. The third-order valence-corrected chi connectivity index (χ3v) is 16.8. The van der Waals surface area contributed by atoms with Crippen molar-refractivity contribution < 1.29 is 13.6 Å². The van der Waals surface area contributed by atoms with E-state index in [1.807, 2.05) is 0 Å². The van der Waals surface area contributed by atoms with E-state index < -0.39 is 8.60 Å². The van der Waals surface area contributed by atoms with Gasteiger partial charge in [-0.3, -0.25) is 0 Å². The molecule has 0 atom stereocenters. The van der Waals surface area contributed by atoms with Crippen LogP contribution >= 0.6 is 8.60 Å². The van der Waals surface area contributed by atoms with E-state index in [9.17, 15) is 0 Å². The Morgan fingerprint density at radius 3 is 0.357 bits per heavy atom. The standard InChI is InChI=1S/C66H135O3P/c1-4-7-10-13-16-19-22-25-28-31-34-37-40-43-46-49-52-55-58-61-64-67-70(68-65-62-59-56-53-50-47-44-41-38-35-32-29-26-23-20-17-14-11-8-5-2)69-66-63-60-57-54-51-48-45-42-39-36-33-30-27-24-21-18-15-12-9-6-3/h4-66H2,1-3H3. The number of hydrogen-bond acceptors (Lipinski definition) is 3. The lowest BCUT2D eigenvalue weighted by Crippen LogP contribution is -2.00. The first-order valence-electron chi connectivity index (χ1n) is 33.5. The maximum Gasteiger partial charge on any atom is 0.332 e. The predicted octanol–water partition coefficient (Wildman–Crippen LogP) is 25.7. The molecule has 0 aliphatic carbocycles. The number of hydrogen-bond donors (Lipinski definition) is 0. The predicted molar refractivity (Wildman–Crippen MR) is 319 cm³/mol. The van der Waals surface area contributed by atoms with E-state index in [1.54, 1.807) is 0 Å². The highest BCUT2D eigenvalue weighted by atomic mass is 31.2. The molecular formula is C66H135O3P. The molecule has 4 heteroatoms. The Hall–Kier alpha value is 0.310. The van der Waals surface area contributed by atoms with Crippen molar-refractivity contribution in [3.63, 3.8) is 0 Å². The van der Waals surface area contributed by atoms with E-state index in [-0.39, 0.29) is 0 Å². The van der Waals surface area contributed by atoms with Gasteiger partial charge in [-0.25, -0.2) is 0 Å². The minimum atomic E-state index is -1.20. The van der Waals surface area contributed by atoms with Gasteiger partial charge in [-0.2, -0.15) is 0 Å². The van der Waals surface area contributed by atoms with Crippen molar-refractivity contribution in [3.8, 4) is 0 Å². The second kappa shape index (κ2) is 67.3. The zero-order chi connectivity index (χ0) is 50.2. The molecule has 0 aromatic heterocycles. The molecule has 70 heavy (non-hydrogen) atoms. The maximum absolute atomic E-state index is 6.29. The lowest BCUT2D eigenvalue weighted by molar-refractivity contribution is 0.153. The molecule has 0 aliphatic heterocycles. The minimum Gasteiger partial charge on any atom is -0.312 e. The molecule has 0 aliphatic rings. The van der Waals surface area contributed by atoms with Gasteiger partial charge in [-0.1, -0.05) is 387 Å². The highest BCUT2D eigenvalue weighted by Crippen LogP contribution is 2.40. The van der Waals surface area contributed by atoms with Crippen LogP contribution in [0.5, 0.6) is 0 Å². The van der Waals surface area contributed by atoms with E-state index in [0.29, 0.717) is 0 Å². The molecule has 0 aromatic rings. The van der Waals surface area contributed by atoms with Crippen LogP contribution in [0.4, 0.5) is 0 Å². The van der Waals surface area contributed by atoms with E-state index in [0.717, 1.165) is 39.1 Å². The topological polar surface area (TPSA) is 27.7 Å². The van der Waals surface area contributed by atoms with Gasteiger partial charge in [0.25, 0.3) is 0 Å². The van der Waals surface area contributed by atoms with Crippen LogP contribution in [0.3, 0.4) is 0 Å². The fourth-order valence-electron chi connectivity index (χ4n) is 10.6. The summed E-state index contributed by atoms with van der Waals surface area (Å²) in [6.45, 7) is 9.32. The van der Waals surface area contributed by atoms with Gasteiger partial charge in [0.15, 0.2) is 0 Å². The normalized spacial score (nSPS) is 11.8. The molecule has 0 unspecified atom stereocenters. The van der Waals surface area contributed by atoms with E-state index in [1.165, 1.54) is 366 Å². The molecule has 0 saturated carbocycles. The molecule has 0 bridgehead atoms. The van der Waals surface area contributed by atoms with Crippen LogP contribution in [-0.4, -0.2) is 19.8 Å². The van der Waals surface area contributed by atoms with E-state index in [4.69, 9.17) is 13.6 Å². The SMILES string of the molecule is CCCCCCCCCCCCCCCCCCCCCCOP(OCCCCCCCCCCCCCCCCCCCCCC)OCCCCCCCCCCCCCCCCCCCCCC. The summed E-state index contributed by atoms with van der Waals surface area (Å²) in [6.07, 6.45) is 85.1. The molecule has 0 heterocycles. The molecule has 0 fully saturated rings. The molecule has 0 amide bonds. The summed E-state index contributed by atoms with van der Waals surface area (Å²) >= 11 is 0. The molecule has 0 N–H and O–H groups in total. The molecule has 3 nitrogen and oxygen atoms in total. The Bertz CT molecular complexity index is 759. The van der Waals surface area contributed by atoms with Crippen LogP contribution in [0.2, 0.25) is 0 Å². The van der Waals surface area contributed by atoms with Crippen molar-refractivity contribution in [2.24, 2.45) is 0 Å². The molecule has 0 rings (SSSR count). The Morgan fingerprint density at radius 1 is 0.143 bits per heavy atom. The van der Waals surface area contributed by atoms with Gasteiger partial charge in [0.2, 0.25) is 0 Å². The molecular weight excluding hydrogens is 872 g/mol. The summed E-state index contributed by atoms with van der Waals surface area (Å²) in [5.74, 6) is 0. The van der Waals surface area contributed by atoms with Crippen LogP contribution in [-0.2, 0) is 13.6 Å². The minimum absolute atomic E-state index is 0.795. The van der Waals surface area contributed by atoms with E-state index in [2.05, 4.69) is 20.8 Å². The lowest BCUT2D eigenvalue weighted by Gasteiger charge is -2.17. The van der Waals surface area contributed by atoms with Gasteiger partial charge in [-0.05, 0) is 19.3 Å². The second-order valence-corrected chi connectivity index (χ2v) is 24.1. The van der Waals surface area contributed by atoms with Gasteiger partial charge < -0.3 is 13.6 Å². The molecule has 0 saturated heterocycles. The third kappa shape index (κ3) is 64.4. The van der Waals surface area contributed by atoms with Gasteiger partial charge >= 0.3 is 8.60 Å². The zero-order valence-corrected chi connectivity index (χ0v) is 50.1. The van der Waals surface area contributed by atoms with Crippen LogP contribution in [0.15, 0.2) is 0 Å². The largest absolute Gasteiger partial charge is 0.332 e. The highest BCUT2D eigenvalue weighted by molar-refractivity contribution is 7.41. The fourth-order valence-corrected chi connectivity index (χ4v) is 11.7. The van der Waals surface area contributed by atoms with Crippen LogP contribution in [0, 0.1) is 0 Å². The van der Waals surface area contributed by atoms with Crippen LogP contribution in [0.25, 0.3) is 0 Å². The summed E-state index contributed by atoms with van der Waals surface area (Å²) in [7, 11) is -1.20. The number of unbranched alkanes of at least 4 members (excludes halogenated alkanes) is 57. The van der Waals surface area contributed by atoms with Gasteiger partial charge in [0.1, 0.15) is 0 Å². The Balaban J connectivity index is 3.98. The first-order valence-corrected chi connectivity index (χ1v) is 34.6. The maximum atomic E-state index is 6.29. The summed E-state index contributed by atoms with van der Waals surface area (Å²) in [5, 5.41) is 0. The van der Waals surface area contributed by atoms with Crippen LogP contribution in [0.1, 0.15) is 406 Å². The average Bonchev–Trinajstić information content (AvgIpc) is 3.37. The van der Waals surface area contributed by atoms with Crippen molar-refractivity contribution in [3.05, 3.63) is 0 Å². The van der Waals surface area contributed by atoms with Gasteiger partial charge in [-0.15, -0.1) is 0 Å². The molecule has 0 spiro atoms. The Morgan fingerprint density at radius 2 is 0.243 bits per heavy atom. The van der Waals surface area contributed by atoms with Crippen LogP contribution < -0.4 is 0 Å². The zero-order valence-electron chi connectivity index (χ0n) is 49.2. The number of rotatable bonds is 66. The highest BCUT2D eigenvalue weighted by Gasteiger charge is 2.12. The Labute approximate surface area is 446 Å². The summed E-state index contributed by atoms with van der Waals surface area (Å²) in [4.78, 5) is 0.